The van der Waals surface area contributed by atoms with Crippen LogP contribution in [-0.2, 0) is 6.54 Å². The molecule has 1 aliphatic heterocycles. The zero-order chi connectivity index (χ0) is 11.5. The monoisotopic (exact) mass is 256 g/mol. The number of ether oxygens (including phenoxy) is 1. The molecule has 1 saturated heterocycles. The van der Waals surface area contributed by atoms with E-state index in [1.165, 1.54) is 11.1 Å². The molecule has 0 unspecified atom stereocenters. The number of likely N-dealkylation sites (tertiary alicyclic amines) is 1. The number of hydrogen-bond donors (Lipinski definition) is 1. The van der Waals surface area contributed by atoms with Crippen LogP contribution in [-0.4, -0.2) is 31.1 Å². The van der Waals surface area contributed by atoms with Crippen LogP contribution in [0.4, 0.5) is 0 Å². The summed E-state index contributed by atoms with van der Waals surface area (Å²) in [6, 6.07) is 6.66. The van der Waals surface area contributed by atoms with Crippen molar-refractivity contribution in [2.75, 3.05) is 20.2 Å². The second kappa shape index (κ2) is 6.24. The standard InChI is InChI=1S/C13H20N2O.ClH/c1-10-3-4-13(16-2)11(7-10)8-15-6-5-12(14)9-15;/h3-4,7,12H,5-6,8-9,14H2,1-2H3;1H/t12-;/m1./s1. The zero-order valence-corrected chi connectivity index (χ0v) is 11.3. The Morgan fingerprint density at radius 2 is 2.24 bits per heavy atom. The summed E-state index contributed by atoms with van der Waals surface area (Å²) in [7, 11) is 1.73. The van der Waals surface area contributed by atoms with E-state index in [9.17, 15) is 0 Å². The predicted octanol–water partition coefficient (Wildman–Crippen LogP) is 1.96. The summed E-state index contributed by atoms with van der Waals surface area (Å²) >= 11 is 0. The Balaban J connectivity index is 0.00000144. The van der Waals surface area contributed by atoms with Crippen LogP contribution in [0.15, 0.2) is 18.2 Å². The molecule has 0 amide bonds. The first-order chi connectivity index (χ1) is 7.69. The van der Waals surface area contributed by atoms with Crippen molar-refractivity contribution in [3.8, 4) is 5.75 Å². The normalized spacial score (nSPS) is 20.1. The Morgan fingerprint density at radius 1 is 1.47 bits per heavy atom. The van der Waals surface area contributed by atoms with Gasteiger partial charge in [-0.05, 0) is 19.4 Å². The van der Waals surface area contributed by atoms with Gasteiger partial charge in [0.25, 0.3) is 0 Å². The van der Waals surface area contributed by atoms with Gasteiger partial charge in [0.15, 0.2) is 0 Å². The molecule has 0 spiro atoms. The molecule has 0 aliphatic carbocycles. The SMILES string of the molecule is COc1ccc(C)cc1CN1CC[C@@H](N)C1.Cl. The Bertz CT molecular complexity index is 370. The summed E-state index contributed by atoms with van der Waals surface area (Å²) in [6.45, 7) is 5.15. The molecule has 2 rings (SSSR count). The van der Waals surface area contributed by atoms with Gasteiger partial charge in [0.1, 0.15) is 5.75 Å². The fourth-order valence-electron chi connectivity index (χ4n) is 2.28. The number of nitrogens with zero attached hydrogens (tertiary/aromatic N) is 1. The van der Waals surface area contributed by atoms with Crippen molar-refractivity contribution >= 4 is 12.4 Å². The number of rotatable bonds is 3. The summed E-state index contributed by atoms with van der Waals surface area (Å²) in [4.78, 5) is 2.39. The Morgan fingerprint density at radius 3 is 2.82 bits per heavy atom. The van der Waals surface area contributed by atoms with Crippen LogP contribution < -0.4 is 10.5 Å². The van der Waals surface area contributed by atoms with Crippen LogP contribution in [0.1, 0.15) is 17.5 Å². The third-order valence-electron chi connectivity index (χ3n) is 3.14. The first kappa shape index (κ1) is 14.3. The van der Waals surface area contributed by atoms with E-state index in [1.807, 2.05) is 6.07 Å². The van der Waals surface area contributed by atoms with Gasteiger partial charge in [-0.2, -0.15) is 0 Å². The van der Waals surface area contributed by atoms with Crippen molar-refractivity contribution in [1.82, 2.24) is 4.90 Å². The van der Waals surface area contributed by atoms with Crippen LogP contribution in [0.2, 0.25) is 0 Å². The van der Waals surface area contributed by atoms with Gasteiger partial charge < -0.3 is 10.5 Å². The first-order valence-electron chi connectivity index (χ1n) is 5.80. The summed E-state index contributed by atoms with van der Waals surface area (Å²) in [5, 5.41) is 0. The number of halogens is 1. The number of nitrogens with two attached hydrogens (primary N) is 1. The van der Waals surface area contributed by atoms with Crippen molar-refractivity contribution < 1.29 is 4.74 Å². The molecular formula is C13H21ClN2O. The second-order valence-electron chi connectivity index (χ2n) is 4.60. The lowest BCUT2D eigenvalue weighted by Gasteiger charge is -2.17. The third-order valence-corrected chi connectivity index (χ3v) is 3.14. The van der Waals surface area contributed by atoms with E-state index in [2.05, 4.69) is 24.0 Å². The summed E-state index contributed by atoms with van der Waals surface area (Å²) in [5.41, 5.74) is 8.44. The van der Waals surface area contributed by atoms with Gasteiger partial charge in [-0.25, -0.2) is 0 Å². The number of hydrogen-bond acceptors (Lipinski definition) is 3. The van der Waals surface area contributed by atoms with Gasteiger partial charge in [0.2, 0.25) is 0 Å². The largest absolute Gasteiger partial charge is 0.496 e. The maximum atomic E-state index is 5.91. The molecule has 1 atom stereocenters. The molecule has 1 aromatic carbocycles. The van der Waals surface area contributed by atoms with E-state index >= 15 is 0 Å². The van der Waals surface area contributed by atoms with E-state index in [0.717, 1.165) is 31.8 Å². The van der Waals surface area contributed by atoms with Gasteiger partial charge in [0.05, 0.1) is 7.11 Å². The van der Waals surface area contributed by atoms with E-state index in [1.54, 1.807) is 7.11 Å². The molecule has 1 aliphatic rings. The van der Waals surface area contributed by atoms with Crippen molar-refractivity contribution in [2.45, 2.75) is 25.9 Å². The first-order valence-corrected chi connectivity index (χ1v) is 5.80. The molecule has 0 radical (unpaired) electrons. The molecular weight excluding hydrogens is 236 g/mol. The highest BCUT2D eigenvalue weighted by Gasteiger charge is 2.19. The molecule has 1 fully saturated rings. The molecule has 0 bridgehead atoms. The lowest BCUT2D eigenvalue weighted by atomic mass is 10.1. The quantitative estimate of drug-likeness (QED) is 0.899. The zero-order valence-electron chi connectivity index (χ0n) is 10.5. The summed E-state index contributed by atoms with van der Waals surface area (Å²) < 4.78 is 5.38. The maximum absolute atomic E-state index is 5.91. The van der Waals surface area contributed by atoms with Gasteiger partial charge >= 0.3 is 0 Å². The van der Waals surface area contributed by atoms with Crippen molar-refractivity contribution in [1.29, 1.82) is 0 Å². The average molecular weight is 257 g/mol. The minimum Gasteiger partial charge on any atom is -0.496 e. The minimum atomic E-state index is 0. The molecule has 0 aromatic heterocycles. The minimum absolute atomic E-state index is 0. The summed E-state index contributed by atoms with van der Waals surface area (Å²) in [6.07, 6.45) is 1.11. The molecule has 96 valence electrons. The van der Waals surface area contributed by atoms with Crippen LogP contribution in [0.25, 0.3) is 0 Å². The highest BCUT2D eigenvalue weighted by atomic mass is 35.5. The second-order valence-corrected chi connectivity index (χ2v) is 4.60. The van der Waals surface area contributed by atoms with Crippen LogP contribution in [0.5, 0.6) is 5.75 Å². The molecule has 17 heavy (non-hydrogen) atoms. The topological polar surface area (TPSA) is 38.5 Å². The molecule has 2 N–H and O–H groups in total. The van der Waals surface area contributed by atoms with Crippen LogP contribution >= 0.6 is 12.4 Å². The molecule has 0 saturated carbocycles. The van der Waals surface area contributed by atoms with Crippen LogP contribution in [0.3, 0.4) is 0 Å². The van der Waals surface area contributed by atoms with Gasteiger partial charge in [0, 0.05) is 31.2 Å². The number of aryl methyl sites for hydroxylation is 1. The fraction of sp³-hybridized carbons (Fsp3) is 0.538. The lowest BCUT2D eigenvalue weighted by molar-refractivity contribution is 0.317. The maximum Gasteiger partial charge on any atom is 0.123 e. The van der Waals surface area contributed by atoms with E-state index in [4.69, 9.17) is 10.5 Å². The Kier molecular flexibility index (Phi) is 5.25. The Hall–Kier alpha value is -0.770. The molecule has 1 aromatic rings. The average Bonchev–Trinajstić information content (AvgIpc) is 2.64. The van der Waals surface area contributed by atoms with Crippen LogP contribution in [0, 0.1) is 6.92 Å². The molecule has 1 heterocycles. The highest BCUT2D eigenvalue weighted by molar-refractivity contribution is 5.85. The smallest absolute Gasteiger partial charge is 0.123 e. The number of methoxy groups -OCH3 is 1. The highest BCUT2D eigenvalue weighted by Crippen LogP contribution is 2.22. The number of benzene rings is 1. The molecule has 4 heteroatoms. The fourth-order valence-corrected chi connectivity index (χ4v) is 2.28. The van der Waals surface area contributed by atoms with Gasteiger partial charge in [-0.1, -0.05) is 17.7 Å². The van der Waals surface area contributed by atoms with Crippen molar-refractivity contribution in [3.05, 3.63) is 29.3 Å². The van der Waals surface area contributed by atoms with Crippen molar-refractivity contribution in [3.63, 3.8) is 0 Å². The van der Waals surface area contributed by atoms with Crippen molar-refractivity contribution in [2.24, 2.45) is 5.73 Å². The Labute approximate surface area is 109 Å². The third kappa shape index (κ3) is 3.60. The van der Waals surface area contributed by atoms with Gasteiger partial charge in [-0.15, -0.1) is 12.4 Å². The lowest BCUT2D eigenvalue weighted by Crippen LogP contribution is -2.26. The predicted molar refractivity (Wildman–Crippen MR) is 72.8 cm³/mol. The van der Waals surface area contributed by atoms with E-state index in [0.29, 0.717) is 6.04 Å². The molecule has 3 nitrogen and oxygen atoms in total. The van der Waals surface area contributed by atoms with E-state index < -0.39 is 0 Å². The van der Waals surface area contributed by atoms with E-state index in [-0.39, 0.29) is 12.4 Å². The summed E-state index contributed by atoms with van der Waals surface area (Å²) in [5.74, 6) is 0.978. The van der Waals surface area contributed by atoms with Gasteiger partial charge in [-0.3, -0.25) is 4.90 Å².